The highest BCUT2D eigenvalue weighted by atomic mass is 16.2. The molecule has 0 aromatic heterocycles. The van der Waals surface area contributed by atoms with E-state index in [9.17, 15) is 4.79 Å². The highest BCUT2D eigenvalue weighted by Crippen LogP contribution is 2.04. The molecule has 0 heterocycles. The summed E-state index contributed by atoms with van der Waals surface area (Å²) in [5.74, 6) is 0.0677. The molecule has 0 aliphatic carbocycles. The maximum Gasteiger partial charge on any atom is 0.225 e. The first-order chi connectivity index (χ1) is 6.02. The van der Waals surface area contributed by atoms with E-state index >= 15 is 0 Å². The first-order valence-corrected chi connectivity index (χ1v) is 4.71. The highest BCUT2D eigenvalue weighted by Gasteiger charge is 2.17. The molecule has 13 heavy (non-hydrogen) atoms. The number of amides is 1. The number of nitrogens with zero attached hydrogens (tertiary/aromatic N) is 2. The van der Waals surface area contributed by atoms with E-state index in [1.807, 2.05) is 27.7 Å². The van der Waals surface area contributed by atoms with Gasteiger partial charge >= 0.3 is 0 Å². The van der Waals surface area contributed by atoms with E-state index in [0.717, 1.165) is 0 Å². The van der Waals surface area contributed by atoms with Crippen molar-refractivity contribution in [2.24, 2.45) is 11.8 Å². The second-order valence-electron chi connectivity index (χ2n) is 3.56. The summed E-state index contributed by atoms with van der Waals surface area (Å²) in [6.45, 7) is 8.75. The van der Waals surface area contributed by atoms with Gasteiger partial charge in [-0.2, -0.15) is 5.26 Å². The van der Waals surface area contributed by atoms with Crippen molar-refractivity contribution in [2.75, 3.05) is 13.1 Å². The Kier molecular flexibility index (Phi) is 5.13. The number of rotatable bonds is 4. The minimum Gasteiger partial charge on any atom is -0.341 e. The van der Waals surface area contributed by atoms with Crippen LogP contribution in [0.15, 0.2) is 0 Å². The van der Waals surface area contributed by atoms with Crippen LogP contribution in [0.25, 0.3) is 0 Å². The fourth-order valence-electron chi connectivity index (χ4n) is 1.11. The van der Waals surface area contributed by atoms with Gasteiger partial charge in [-0.05, 0) is 13.8 Å². The highest BCUT2D eigenvalue weighted by molar-refractivity contribution is 5.78. The van der Waals surface area contributed by atoms with E-state index in [4.69, 9.17) is 5.26 Å². The molecule has 0 aliphatic heterocycles. The van der Waals surface area contributed by atoms with Crippen LogP contribution in [-0.4, -0.2) is 23.9 Å². The average molecular weight is 182 g/mol. The van der Waals surface area contributed by atoms with Crippen LogP contribution in [0.1, 0.15) is 27.7 Å². The summed E-state index contributed by atoms with van der Waals surface area (Å²) in [4.78, 5) is 13.3. The zero-order valence-electron chi connectivity index (χ0n) is 8.87. The standard InChI is InChI=1S/C10H18N2O/c1-5-12(7-9(4)6-11)10(13)8(2)3/h8-9H,5,7H2,1-4H3. The molecule has 0 aromatic carbocycles. The zero-order chi connectivity index (χ0) is 10.4. The molecule has 1 amide bonds. The molecule has 0 aliphatic rings. The lowest BCUT2D eigenvalue weighted by Crippen LogP contribution is -2.37. The molecule has 0 rings (SSSR count). The number of carbonyl (C=O) groups excluding carboxylic acids is 1. The number of carbonyl (C=O) groups is 1. The molecule has 1 unspecified atom stereocenters. The van der Waals surface area contributed by atoms with Gasteiger partial charge in [0.1, 0.15) is 0 Å². The van der Waals surface area contributed by atoms with Crippen molar-refractivity contribution in [3.8, 4) is 6.07 Å². The van der Waals surface area contributed by atoms with Gasteiger partial charge in [0.05, 0.1) is 12.0 Å². The van der Waals surface area contributed by atoms with E-state index in [1.165, 1.54) is 0 Å². The van der Waals surface area contributed by atoms with Crippen molar-refractivity contribution in [3.63, 3.8) is 0 Å². The van der Waals surface area contributed by atoms with Crippen LogP contribution < -0.4 is 0 Å². The molecule has 3 heteroatoms. The molecule has 1 atom stereocenters. The van der Waals surface area contributed by atoms with Crippen molar-refractivity contribution in [1.29, 1.82) is 5.26 Å². The molecular formula is C10H18N2O. The number of hydrogen-bond donors (Lipinski definition) is 0. The van der Waals surface area contributed by atoms with Crippen molar-refractivity contribution in [3.05, 3.63) is 0 Å². The van der Waals surface area contributed by atoms with Gasteiger partial charge in [-0.1, -0.05) is 13.8 Å². The fraction of sp³-hybridized carbons (Fsp3) is 0.800. The summed E-state index contributed by atoms with van der Waals surface area (Å²) in [6.07, 6.45) is 0. The quantitative estimate of drug-likeness (QED) is 0.663. The predicted octanol–water partition coefficient (Wildman–Crippen LogP) is 1.65. The number of nitriles is 1. The van der Waals surface area contributed by atoms with Crippen LogP contribution >= 0.6 is 0 Å². The van der Waals surface area contributed by atoms with Crippen LogP contribution in [0, 0.1) is 23.2 Å². The van der Waals surface area contributed by atoms with Gasteiger partial charge in [0.2, 0.25) is 5.91 Å². The van der Waals surface area contributed by atoms with Crippen LogP contribution in [0.3, 0.4) is 0 Å². The summed E-state index contributed by atoms with van der Waals surface area (Å²) in [7, 11) is 0. The minimum absolute atomic E-state index is 0.0193. The summed E-state index contributed by atoms with van der Waals surface area (Å²) >= 11 is 0. The van der Waals surface area contributed by atoms with Crippen molar-refractivity contribution in [2.45, 2.75) is 27.7 Å². The molecule has 0 saturated carbocycles. The normalized spacial score (nSPS) is 12.3. The molecule has 0 fully saturated rings. The van der Waals surface area contributed by atoms with Crippen molar-refractivity contribution >= 4 is 5.91 Å². The van der Waals surface area contributed by atoms with Crippen molar-refractivity contribution < 1.29 is 4.79 Å². The molecule has 3 nitrogen and oxygen atoms in total. The van der Waals surface area contributed by atoms with Gasteiger partial charge in [-0.25, -0.2) is 0 Å². The first-order valence-electron chi connectivity index (χ1n) is 4.71. The van der Waals surface area contributed by atoms with Gasteiger partial charge in [-0.3, -0.25) is 4.79 Å². The maximum atomic E-state index is 11.5. The van der Waals surface area contributed by atoms with Gasteiger partial charge in [0.15, 0.2) is 0 Å². The average Bonchev–Trinajstić information content (AvgIpc) is 2.12. The molecule has 0 radical (unpaired) electrons. The molecular weight excluding hydrogens is 164 g/mol. The van der Waals surface area contributed by atoms with E-state index in [1.54, 1.807) is 4.90 Å². The second kappa shape index (κ2) is 5.58. The smallest absolute Gasteiger partial charge is 0.225 e. The van der Waals surface area contributed by atoms with Gasteiger partial charge in [-0.15, -0.1) is 0 Å². The first kappa shape index (κ1) is 12.0. The predicted molar refractivity (Wildman–Crippen MR) is 51.9 cm³/mol. The molecule has 0 aromatic rings. The Bertz CT molecular complexity index is 205. The largest absolute Gasteiger partial charge is 0.341 e. The third kappa shape index (κ3) is 3.93. The summed E-state index contributed by atoms with van der Waals surface area (Å²) < 4.78 is 0. The number of hydrogen-bond acceptors (Lipinski definition) is 2. The Morgan fingerprint density at radius 1 is 1.46 bits per heavy atom. The van der Waals surface area contributed by atoms with Crippen LogP contribution in [0.2, 0.25) is 0 Å². The van der Waals surface area contributed by atoms with Crippen LogP contribution in [0.5, 0.6) is 0 Å². The fourth-order valence-corrected chi connectivity index (χ4v) is 1.11. The van der Waals surface area contributed by atoms with Gasteiger partial charge in [0, 0.05) is 19.0 Å². The molecule has 0 bridgehead atoms. The van der Waals surface area contributed by atoms with E-state index < -0.39 is 0 Å². The summed E-state index contributed by atoms with van der Waals surface area (Å²) in [6, 6.07) is 2.13. The Labute approximate surface area is 80.3 Å². The molecule has 0 spiro atoms. The monoisotopic (exact) mass is 182 g/mol. The Balaban J connectivity index is 4.20. The van der Waals surface area contributed by atoms with Gasteiger partial charge < -0.3 is 4.90 Å². The van der Waals surface area contributed by atoms with Crippen molar-refractivity contribution in [1.82, 2.24) is 4.90 Å². The molecule has 74 valence electrons. The molecule has 0 N–H and O–H groups in total. The lowest BCUT2D eigenvalue weighted by atomic mass is 10.1. The third-order valence-corrected chi connectivity index (χ3v) is 1.90. The van der Waals surface area contributed by atoms with Crippen LogP contribution in [0.4, 0.5) is 0 Å². The van der Waals surface area contributed by atoms with E-state index in [0.29, 0.717) is 13.1 Å². The van der Waals surface area contributed by atoms with E-state index in [2.05, 4.69) is 6.07 Å². The lowest BCUT2D eigenvalue weighted by Gasteiger charge is -2.23. The Hall–Kier alpha value is -1.04. The summed E-state index contributed by atoms with van der Waals surface area (Å²) in [5.41, 5.74) is 0. The van der Waals surface area contributed by atoms with Crippen LogP contribution in [-0.2, 0) is 4.79 Å². The minimum atomic E-state index is -0.0809. The van der Waals surface area contributed by atoms with E-state index in [-0.39, 0.29) is 17.7 Å². The zero-order valence-corrected chi connectivity index (χ0v) is 8.87. The SMILES string of the molecule is CCN(CC(C)C#N)C(=O)C(C)C. The third-order valence-electron chi connectivity index (χ3n) is 1.90. The summed E-state index contributed by atoms with van der Waals surface area (Å²) in [5, 5.41) is 8.61. The second-order valence-corrected chi connectivity index (χ2v) is 3.56. The van der Waals surface area contributed by atoms with Gasteiger partial charge in [0.25, 0.3) is 0 Å². The Morgan fingerprint density at radius 3 is 2.31 bits per heavy atom. The lowest BCUT2D eigenvalue weighted by molar-refractivity contribution is -0.134. The topological polar surface area (TPSA) is 44.1 Å². The molecule has 0 saturated heterocycles. The maximum absolute atomic E-state index is 11.5. The Morgan fingerprint density at radius 2 is 2.00 bits per heavy atom.